The summed E-state index contributed by atoms with van der Waals surface area (Å²) in [5.41, 5.74) is 1.93. The number of anilines is 2. The average molecular weight is 441 g/mol. The molecule has 0 aliphatic rings. The Morgan fingerprint density at radius 1 is 0.917 bits per heavy atom. The van der Waals surface area contributed by atoms with Crippen LogP contribution in [0, 0.1) is 0 Å². The summed E-state index contributed by atoms with van der Waals surface area (Å²) in [5, 5.41) is 18.0. The first-order valence-corrected chi connectivity index (χ1v) is 8.09. The van der Waals surface area contributed by atoms with Crippen LogP contribution in [-0.4, -0.2) is 61.4 Å². The van der Waals surface area contributed by atoms with Gasteiger partial charge >= 0.3 is 152 Å². The van der Waals surface area contributed by atoms with Crippen molar-refractivity contribution in [3.8, 4) is 0 Å². The second-order valence-electron chi connectivity index (χ2n) is 4.87. The van der Waals surface area contributed by atoms with Crippen LogP contribution in [0.5, 0.6) is 0 Å². The number of benzene rings is 2. The number of hydrogen-bond acceptors (Lipinski definition) is 4. The van der Waals surface area contributed by atoms with E-state index in [4.69, 9.17) is 14.9 Å². The number of hydrogen-bond donors (Lipinski definition) is 2. The summed E-state index contributed by atoms with van der Waals surface area (Å²) in [6.07, 6.45) is 0. The molecule has 0 saturated heterocycles. The Morgan fingerprint density at radius 3 is 1.58 bits per heavy atom. The van der Waals surface area contributed by atoms with E-state index in [1.54, 1.807) is 53.2 Å². The number of aromatic carboxylic acids is 2. The molecule has 124 valence electrons. The zero-order valence-electron chi connectivity index (χ0n) is 12.8. The third-order valence-electron chi connectivity index (χ3n) is 3.26. The number of carboxylic acid groups (broad SMARTS) is 2. The van der Waals surface area contributed by atoms with Crippen LogP contribution in [0.15, 0.2) is 48.5 Å². The van der Waals surface area contributed by atoms with Gasteiger partial charge in [0.25, 0.3) is 0 Å². The summed E-state index contributed by atoms with van der Waals surface area (Å²) in [5.74, 6) is -1.98. The van der Waals surface area contributed by atoms with Crippen LogP contribution in [0.25, 0.3) is 0 Å². The van der Waals surface area contributed by atoms with E-state index >= 15 is 0 Å². The molecule has 0 atom stereocenters. The molecule has 0 aliphatic carbocycles. The Bertz CT molecular complexity index is 698. The first-order chi connectivity index (χ1) is 11.4. The van der Waals surface area contributed by atoms with Crippen LogP contribution in [0.1, 0.15) is 20.7 Å². The monoisotopic (exact) mass is 443 g/mol. The zero-order valence-corrected chi connectivity index (χ0v) is 15.1. The Balaban J connectivity index is 2.42. The average Bonchev–Trinajstić information content (AvgIpc) is 2.56. The van der Waals surface area contributed by atoms with Gasteiger partial charge in [0.1, 0.15) is 0 Å². The number of carbonyl (C=O) groups is 2. The van der Waals surface area contributed by atoms with Crippen molar-refractivity contribution in [1.29, 1.82) is 0 Å². The molecule has 0 unspecified atom stereocenters. The van der Waals surface area contributed by atoms with Crippen molar-refractivity contribution in [3.63, 3.8) is 0 Å². The van der Waals surface area contributed by atoms with Crippen molar-refractivity contribution in [3.05, 3.63) is 59.7 Å². The minimum atomic E-state index is -0.989. The Morgan fingerprint density at radius 2 is 1.29 bits per heavy atom. The van der Waals surface area contributed by atoms with Crippen molar-refractivity contribution in [1.82, 2.24) is 0 Å². The third-order valence-corrected chi connectivity index (χ3v) is 4.12. The summed E-state index contributed by atoms with van der Waals surface area (Å²) in [7, 11) is 1.59. The predicted molar refractivity (Wildman–Crippen MR) is 91.6 cm³/mol. The van der Waals surface area contributed by atoms with Gasteiger partial charge in [-0.05, 0) is 0 Å². The van der Waals surface area contributed by atoms with Crippen LogP contribution in [0.3, 0.4) is 0 Å². The molecule has 2 rings (SSSR count). The number of ether oxygens (including phenoxy) is 1. The predicted octanol–water partition coefficient (Wildman–Crippen LogP) is 2.17. The molecule has 0 heterocycles. The van der Waals surface area contributed by atoms with E-state index in [9.17, 15) is 9.59 Å². The number of rotatable bonds is 7. The van der Waals surface area contributed by atoms with E-state index in [1.807, 2.05) is 4.90 Å². The van der Waals surface area contributed by atoms with Crippen LogP contribution < -0.4 is 4.90 Å². The number of carboxylic acids is 2. The van der Waals surface area contributed by atoms with Gasteiger partial charge < -0.3 is 0 Å². The second-order valence-corrected chi connectivity index (χ2v) is 6.21. The molecule has 0 aromatic heterocycles. The van der Waals surface area contributed by atoms with Crippen molar-refractivity contribution >= 4 is 48.8 Å². The van der Waals surface area contributed by atoms with Gasteiger partial charge in [0.05, 0.1) is 0 Å². The van der Waals surface area contributed by atoms with Gasteiger partial charge in [0, 0.05) is 0 Å². The number of methoxy groups -OCH3 is 1. The SMILES string of the molecule is COCC(=[Te])N(c1ccc(C(=O)O)cc1)c1ccc(C(=O)O)cc1. The molecule has 0 saturated carbocycles. The Kier molecular flexibility index (Phi) is 6.10. The first-order valence-electron chi connectivity index (χ1n) is 6.92. The fourth-order valence-corrected chi connectivity index (χ4v) is 3.07. The summed E-state index contributed by atoms with van der Waals surface area (Å²) >= 11 is 1.80. The van der Waals surface area contributed by atoms with Crippen molar-refractivity contribution in [2.75, 3.05) is 18.6 Å². The van der Waals surface area contributed by atoms with Gasteiger partial charge in [0.2, 0.25) is 0 Å². The second kappa shape index (κ2) is 8.06. The van der Waals surface area contributed by atoms with Crippen LogP contribution >= 0.6 is 0 Å². The van der Waals surface area contributed by atoms with Gasteiger partial charge in [-0.25, -0.2) is 0 Å². The molecule has 0 amide bonds. The van der Waals surface area contributed by atoms with E-state index in [2.05, 4.69) is 0 Å². The molecule has 24 heavy (non-hydrogen) atoms. The molecule has 2 aromatic rings. The first kappa shape index (κ1) is 18.1. The molecular formula is C17H15NO5Te. The molecule has 2 N–H and O–H groups in total. The molecule has 0 spiro atoms. The standard InChI is InChI=1S/C17H15NO5Te/c1-23-10-15(24)18(13-6-2-11(3-7-13)16(19)20)14-8-4-12(5-9-14)17(21)22/h2-9H,10H2,1H3,(H,19,20)(H,21,22). The molecule has 0 fully saturated rings. The molecule has 0 aliphatic heterocycles. The summed E-state index contributed by atoms with van der Waals surface area (Å²) < 4.78 is 6.08. The quantitative estimate of drug-likeness (QED) is 0.642. The minimum absolute atomic E-state index is 0.199. The fourth-order valence-electron chi connectivity index (χ4n) is 2.13. The van der Waals surface area contributed by atoms with Crippen LogP contribution in [0.4, 0.5) is 11.4 Å². The van der Waals surface area contributed by atoms with Crippen molar-refractivity contribution in [2.24, 2.45) is 0 Å². The molecule has 0 radical (unpaired) electrons. The molecule has 6 nitrogen and oxygen atoms in total. The van der Waals surface area contributed by atoms with E-state index in [0.29, 0.717) is 6.61 Å². The van der Waals surface area contributed by atoms with Gasteiger partial charge in [0.15, 0.2) is 0 Å². The normalized spacial score (nSPS) is 10.2. The maximum absolute atomic E-state index is 11.0. The van der Waals surface area contributed by atoms with Gasteiger partial charge in [-0.1, -0.05) is 0 Å². The van der Waals surface area contributed by atoms with E-state index in [1.165, 1.54) is 24.3 Å². The van der Waals surface area contributed by atoms with Gasteiger partial charge in [-0.15, -0.1) is 0 Å². The van der Waals surface area contributed by atoms with Crippen molar-refractivity contribution < 1.29 is 24.5 Å². The summed E-state index contributed by atoms with van der Waals surface area (Å²) in [6.45, 7) is 0.381. The van der Waals surface area contributed by atoms with Gasteiger partial charge in [-0.2, -0.15) is 0 Å². The van der Waals surface area contributed by atoms with Crippen LogP contribution in [-0.2, 0) is 4.74 Å². The number of nitrogens with zero attached hydrogens (tertiary/aromatic N) is 1. The topological polar surface area (TPSA) is 87.1 Å². The molecule has 2 aromatic carbocycles. The molecule has 0 bridgehead atoms. The summed E-state index contributed by atoms with van der Waals surface area (Å²) in [4.78, 5) is 23.9. The summed E-state index contributed by atoms with van der Waals surface area (Å²) in [6, 6.07) is 12.9. The Labute approximate surface area is 151 Å². The van der Waals surface area contributed by atoms with Crippen molar-refractivity contribution in [2.45, 2.75) is 0 Å². The molecular weight excluding hydrogens is 426 g/mol. The Hall–Kier alpha value is -2.20. The van der Waals surface area contributed by atoms with Crippen LogP contribution in [0.2, 0.25) is 0 Å². The maximum atomic E-state index is 11.0. The fraction of sp³-hybridized carbons (Fsp3) is 0.118. The third kappa shape index (κ3) is 4.20. The van der Waals surface area contributed by atoms with E-state index in [0.717, 1.165) is 15.0 Å². The van der Waals surface area contributed by atoms with Gasteiger partial charge in [-0.3, -0.25) is 0 Å². The molecule has 7 heteroatoms. The zero-order chi connectivity index (χ0) is 17.7. The van der Waals surface area contributed by atoms with E-state index < -0.39 is 11.9 Å². The van der Waals surface area contributed by atoms with E-state index in [-0.39, 0.29) is 11.1 Å².